The highest BCUT2D eigenvalue weighted by atomic mass is 32.2. The van der Waals surface area contributed by atoms with Crippen LogP contribution >= 0.6 is 11.3 Å². The summed E-state index contributed by atoms with van der Waals surface area (Å²) in [4.78, 5) is 5.33. The minimum Gasteiger partial charge on any atom is -0.312 e. The van der Waals surface area contributed by atoms with Crippen LogP contribution in [0, 0.1) is 6.92 Å². The van der Waals surface area contributed by atoms with E-state index >= 15 is 0 Å². The van der Waals surface area contributed by atoms with Crippen molar-refractivity contribution in [1.29, 1.82) is 0 Å². The highest BCUT2D eigenvalue weighted by Crippen LogP contribution is 2.19. The van der Waals surface area contributed by atoms with E-state index in [1.807, 2.05) is 19.9 Å². The van der Waals surface area contributed by atoms with Crippen LogP contribution in [0.5, 0.6) is 0 Å². The second kappa shape index (κ2) is 7.13. The van der Waals surface area contributed by atoms with Gasteiger partial charge in [-0.3, -0.25) is 4.98 Å². The highest BCUT2D eigenvalue weighted by molar-refractivity contribution is 7.89. The minimum atomic E-state index is -3.47. The number of nitrogens with one attached hydrogen (secondary N) is 2. The topological polar surface area (TPSA) is 71.1 Å². The molecule has 0 fully saturated rings. The minimum absolute atomic E-state index is 0.273. The lowest BCUT2D eigenvalue weighted by Gasteiger charge is -2.07. The monoisotopic (exact) mass is 325 g/mol. The molecule has 0 aromatic carbocycles. The maximum atomic E-state index is 12.3. The van der Waals surface area contributed by atoms with E-state index in [1.54, 1.807) is 23.8 Å². The largest absolute Gasteiger partial charge is 0.312 e. The first-order chi connectivity index (χ1) is 10.0. The molecule has 0 aliphatic heterocycles. The highest BCUT2D eigenvalue weighted by Gasteiger charge is 2.16. The molecular formula is C14H19N3O2S2. The van der Waals surface area contributed by atoms with E-state index in [1.165, 1.54) is 11.3 Å². The van der Waals surface area contributed by atoms with Crippen LogP contribution in [-0.2, 0) is 23.1 Å². The number of hydrogen-bond donors (Lipinski definition) is 2. The summed E-state index contributed by atoms with van der Waals surface area (Å²) in [6, 6.07) is 3.54. The van der Waals surface area contributed by atoms with Crippen LogP contribution in [0.15, 0.2) is 34.8 Å². The molecule has 7 heteroatoms. The van der Waals surface area contributed by atoms with Crippen LogP contribution in [0.1, 0.15) is 22.9 Å². The van der Waals surface area contributed by atoms with E-state index < -0.39 is 10.0 Å². The Hall–Kier alpha value is -1.28. The van der Waals surface area contributed by atoms with Crippen LogP contribution in [0.4, 0.5) is 0 Å². The zero-order valence-electron chi connectivity index (χ0n) is 12.1. The standard InChI is InChI=1S/C14H19N3O2S2/c1-3-15-9-13-6-14(10-20-13)21(18,19)17-8-12-4-5-16-7-11(12)2/h4-7,10,15,17H,3,8-9H2,1-2H3. The van der Waals surface area contributed by atoms with Crippen LogP contribution < -0.4 is 10.0 Å². The predicted molar refractivity (Wildman–Crippen MR) is 84.7 cm³/mol. The van der Waals surface area contributed by atoms with E-state index in [4.69, 9.17) is 0 Å². The molecule has 2 heterocycles. The van der Waals surface area contributed by atoms with E-state index in [0.717, 1.165) is 22.5 Å². The molecular weight excluding hydrogens is 306 g/mol. The zero-order chi connectivity index (χ0) is 15.3. The summed E-state index contributed by atoms with van der Waals surface area (Å²) < 4.78 is 27.2. The number of nitrogens with zero attached hydrogens (tertiary/aromatic N) is 1. The predicted octanol–water partition coefficient (Wildman–Crippen LogP) is 2.04. The first-order valence-corrected chi connectivity index (χ1v) is 9.06. The average Bonchev–Trinajstić information content (AvgIpc) is 2.94. The third kappa shape index (κ3) is 4.34. The van der Waals surface area contributed by atoms with Crippen LogP contribution in [-0.4, -0.2) is 19.9 Å². The van der Waals surface area contributed by atoms with Crippen molar-refractivity contribution >= 4 is 21.4 Å². The molecule has 0 saturated heterocycles. The van der Waals surface area contributed by atoms with E-state index in [2.05, 4.69) is 15.0 Å². The molecule has 0 bridgehead atoms. The Kier molecular flexibility index (Phi) is 5.46. The van der Waals surface area contributed by atoms with Crippen molar-refractivity contribution in [3.05, 3.63) is 45.9 Å². The fourth-order valence-corrected chi connectivity index (χ4v) is 4.05. The lowest BCUT2D eigenvalue weighted by atomic mass is 10.2. The van der Waals surface area contributed by atoms with Gasteiger partial charge in [0, 0.05) is 35.7 Å². The van der Waals surface area contributed by atoms with Gasteiger partial charge in [-0.05, 0) is 36.7 Å². The quantitative estimate of drug-likeness (QED) is 0.817. The number of sulfonamides is 1. The van der Waals surface area contributed by atoms with Crippen molar-refractivity contribution in [2.24, 2.45) is 0 Å². The summed E-state index contributed by atoms with van der Waals surface area (Å²) >= 11 is 1.45. The summed E-state index contributed by atoms with van der Waals surface area (Å²) in [6.45, 7) is 5.76. The fourth-order valence-electron chi connectivity index (χ4n) is 1.80. The first kappa shape index (κ1) is 16.1. The molecule has 0 spiro atoms. The van der Waals surface area contributed by atoms with Gasteiger partial charge in [0.2, 0.25) is 10.0 Å². The number of pyridine rings is 1. The molecule has 5 nitrogen and oxygen atoms in total. The van der Waals surface area contributed by atoms with E-state index in [9.17, 15) is 8.42 Å². The van der Waals surface area contributed by atoms with Crippen molar-refractivity contribution in [3.63, 3.8) is 0 Å². The molecule has 0 amide bonds. The Labute approximate surface area is 129 Å². The van der Waals surface area contributed by atoms with Gasteiger partial charge in [-0.1, -0.05) is 6.92 Å². The molecule has 0 aliphatic rings. The molecule has 114 valence electrons. The van der Waals surface area contributed by atoms with Crippen LogP contribution in [0.2, 0.25) is 0 Å². The van der Waals surface area contributed by atoms with Gasteiger partial charge in [0.15, 0.2) is 0 Å². The Morgan fingerprint density at radius 1 is 1.33 bits per heavy atom. The SMILES string of the molecule is CCNCc1cc(S(=O)(=O)NCc2ccncc2C)cs1. The molecule has 0 unspecified atom stereocenters. The van der Waals surface area contributed by atoms with Crippen molar-refractivity contribution in [2.75, 3.05) is 6.54 Å². The van der Waals surface area contributed by atoms with Gasteiger partial charge in [0.1, 0.15) is 0 Å². The van der Waals surface area contributed by atoms with Gasteiger partial charge in [0.25, 0.3) is 0 Å². The maximum absolute atomic E-state index is 12.3. The number of aromatic nitrogens is 1. The molecule has 2 aromatic rings. The van der Waals surface area contributed by atoms with Crippen molar-refractivity contribution < 1.29 is 8.42 Å². The van der Waals surface area contributed by atoms with Gasteiger partial charge < -0.3 is 5.32 Å². The number of hydrogen-bond acceptors (Lipinski definition) is 5. The van der Waals surface area contributed by atoms with Crippen molar-refractivity contribution in [2.45, 2.75) is 31.8 Å². The van der Waals surface area contributed by atoms with Crippen LogP contribution in [0.25, 0.3) is 0 Å². The summed E-state index contributed by atoms with van der Waals surface area (Å²) in [5.74, 6) is 0. The number of rotatable bonds is 7. The van der Waals surface area contributed by atoms with Gasteiger partial charge in [-0.2, -0.15) is 0 Å². The lowest BCUT2D eigenvalue weighted by Crippen LogP contribution is -2.23. The van der Waals surface area contributed by atoms with Gasteiger partial charge in [-0.15, -0.1) is 11.3 Å². The molecule has 2 aromatic heterocycles. The van der Waals surface area contributed by atoms with Crippen molar-refractivity contribution in [3.8, 4) is 0 Å². The summed E-state index contributed by atoms with van der Waals surface area (Å²) in [5, 5.41) is 4.86. The van der Waals surface area contributed by atoms with Crippen LogP contribution in [0.3, 0.4) is 0 Å². The maximum Gasteiger partial charge on any atom is 0.241 e. The molecule has 0 saturated carbocycles. The Morgan fingerprint density at radius 2 is 2.14 bits per heavy atom. The molecule has 2 rings (SSSR count). The van der Waals surface area contributed by atoms with Gasteiger partial charge in [-0.25, -0.2) is 13.1 Å². The third-order valence-corrected chi connectivity index (χ3v) is 5.54. The second-order valence-corrected chi connectivity index (χ2v) is 7.42. The van der Waals surface area contributed by atoms with Gasteiger partial charge >= 0.3 is 0 Å². The average molecular weight is 325 g/mol. The molecule has 0 radical (unpaired) electrons. The smallest absolute Gasteiger partial charge is 0.241 e. The zero-order valence-corrected chi connectivity index (χ0v) is 13.7. The summed E-state index contributed by atoms with van der Waals surface area (Å²) in [7, 11) is -3.47. The number of thiophene rings is 1. The molecule has 21 heavy (non-hydrogen) atoms. The fraction of sp³-hybridized carbons (Fsp3) is 0.357. The van der Waals surface area contributed by atoms with E-state index in [-0.39, 0.29) is 6.54 Å². The second-order valence-electron chi connectivity index (χ2n) is 4.66. The summed E-state index contributed by atoms with van der Waals surface area (Å²) in [5.41, 5.74) is 1.90. The third-order valence-electron chi connectivity index (χ3n) is 3.08. The Morgan fingerprint density at radius 3 is 2.86 bits per heavy atom. The lowest BCUT2D eigenvalue weighted by molar-refractivity contribution is 0.581. The van der Waals surface area contributed by atoms with Gasteiger partial charge in [0.05, 0.1) is 4.90 Å². The van der Waals surface area contributed by atoms with Crippen molar-refractivity contribution in [1.82, 2.24) is 15.0 Å². The normalized spacial score (nSPS) is 11.7. The van der Waals surface area contributed by atoms with E-state index in [0.29, 0.717) is 11.4 Å². The first-order valence-electron chi connectivity index (χ1n) is 6.70. The summed E-state index contributed by atoms with van der Waals surface area (Å²) in [6.07, 6.45) is 3.39. The molecule has 2 N–H and O–H groups in total. The molecule has 0 aliphatic carbocycles. The molecule has 0 atom stereocenters. The Bertz CT molecular complexity index is 696. The number of aryl methyl sites for hydroxylation is 1. The Balaban J connectivity index is 2.05.